The number of aliphatic hydroxyl groups excluding tert-OH is 5. The zero-order valence-corrected chi connectivity index (χ0v) is 34.1. The highest BCUT2D eigenvalue weighted by molar-refractivity contribution is 7.47. The zero-order valence-electron chi connectivity index (χ0n) is 33.2. The van der Waals surface area contributed by atoms with E-state index in [1.54, 1.807) is 0 Å². The van der Waals surface area contributed by atoms with Crippen LogP contribution < -0.4 is 0 Å². The van der Waals surface area contributed by atoms with Gasteiger partial charge in [-0.25, -0.2) is 4.57 Å². The second-order valence-electron chi connectivity index (χ2n) is 14.1. The molecular weight excluding hydrogens is 731 g/mol. The van der Waals surface area contributed by atoms with Crippen molar-refractivity contribution in [1.82, 2.24) is 0 Å². The summed E-state index contributed by atoms with van der Waals surface area (Å²) in [6, 6.07) is 0. The molecule has 0 aromatic heterocycles. The Morgan fingerprint density at radius 2 is 1.04 bits per heavy atom. The monoisotopic (exact) mass is 802 g/mol. The largest absolute Gasteiger partial charge is 0.472 e. The first-order valence-electron chi connectivity index (χ1n) is 20.4. The summed E-state index contributed by atoms with van der Waals surface area (Å²) in [5.74, 6) is -1.13. The van der Waals surface area contributed by atoms with Gasteiger partial charge >= 0.3 is 19.8 Å². The van der Waals surface area contributed by atoms with Crippen LogP contribution in [0.1, 0.15) is 142 Å². The standard InChI is InChI=1S/C41H71O13P/c1-3-5-7-9-10-11-12-13-14-15-16-17-18-19-20-21-22-23-24-26-28-30-35(43)53-33(31-51-34(42)29-27-25-8-6-4-2)32-52-55(49,50)54-41-39(47)37(45)36(44)38(46)40(41)48/h5,7,10-11,13-14,16-17,33,36-41,44-48H,3-4,6,8-9,12,15,18-32H2,1-2H3,(H,49,50)/b7-5-,11-10-,14-13-,17-16-. The fourth-order valence-corrected chi connectivity index (χ4v) is 6.84. The molecule has 0 heterocycles. The number of hydrogen-bond donors (Lipinski definition) is 6. The molecule has 1 aliphatic rings. The molecule has 0 saturated heterocycles. The van der Waals surface area contributed by atoms with Crippen LogP contribution in [-0.2, 0) is 32.7 Å². The Balaban J connectivity index is 2.39. The summed E-state index contributed by atoms with van der Waals surface area (Å²) in [4.78, 5) is 35.2. The van der Waals surface area contributed by atoms with Crippen LogP contribution in [0.5, 0.6) is 0 Å². The molecule has 14 heteroatoms. The molecular formula is C41H71O13P. The molecule has 0 radical (unpaired) electrons. The van der Waals surface area contributed by atoms with Crippen molar-refractivity contribution in [3.8, 4) is 0 Å². The number of allylic oxidation sites excluding steroid dienone is 8. The van der Waals surface area contributed by atoms with Gasteiger partial charge in [0.05, 0.1) is 6.61 Å². The normalized spacial score (nSPS) is 23.6. The minimum absolute atomic E-state index is 0.0859. The minimum Gasteiger partial charge on any atom is -0.462 e. The third-order valence-corrected chi connectivity index (χ3v) is 10.2. The maximum absolute atomic E-state index is 12.7. The lowest BCUT2D eigenvalue weighted by Gasteiger charge is -2.41. The van der Waals surface area contributed by atoms with Crippen LogP contribution in [0.15, 0.2) is 48.6 Å². The van der Waals surface area contributed by atoms with Crippen LogP contribution in [0.4, 0.5) is 0 Å². The molecule has 0 amide bonds. The van der Waals surface area contributed by atoms with E-state index in [0.717, 1.165) is 96.3 Å². The first-order chi connectivity index (χ1) is 26.4. The van der Waals surface area contributed by atoms with E-state index in [1.807, 2.05) is 0 Å². The first-order valence-corrected chi connectivity index (χ1v) is 21.9. The van der Waals surface area contributed by atoms with E-state index in [2.05, 4.69) is 62.5 Å². The summed E-state index contributed by atoms with van der Waals surface area (Å²) >= 11 is 0. The molecule has 0 bridgehead atoms. The van der Waals surface area contributed by atoms with Crippen LogP contribution in [0.25, 0.3) is 0 Å². The fraction of sp³-hybridized carbons (Fsp3) is 0.756. The van der Waals surface area contributed by atoms with Gasteiger partial charge in [0.15, 0.2) is 6.10 Å². The predicted molar refractivity (Wildman–Crippen MR) is 212 cm³/mol. The van der Waals surface area contributed by atoms with Gasteiger partial charge in [0.2, 0.25) is 0 Å². The molecule has 1 saturated carbocycles. The van der Waals surface area contributed by atoms with Crippen molar-refractivity contribution < 1.29 is 63.1 Å². The van der Waals surface area contributed by atoms with E-state index in [0.29, 0.717) is 12.8 Å². The van der Waals surface area contributed by atoms with Gasteiger partial charge in [-0.2, -0.15) is 0 Å². The number of rotatable bonds is 32. The Labute approximate surface area is 329 Å². The van der Waals surface area contributed by atoms with Crippen LogP contribution in [0.2, 0.25) is 0 Å². The van der Waals surface area contributed by atoms with E-state index in [-0.39, 0.29) is 12.8 Å². The highest BCUT2D eigenvalue weighted by atomic mass is 31.2. The third-order valence-electron chi connectivity index (χ3n) is 9.18. The molecule has 0 aromatic carbocycles. The number of carbonyl (C=O) groups excluding carboxylic acids is 2. The molecule has 13 nitrogen and oxygen atoms in total. The lowest BCUT2D eigenvalue weighted by Crippen LogP contribution is -2.64. The van der Waals surface area contributed by atoms with Crippen LogP contribution in [0, 0.1) is 0 Å². The molecule has 55 heavy (non-hydrogen) atoms. The van der Waals surface area contributed by atoms with Crippen molar-refractivity contribution in [1.29, 1.82) is 0 Å². The predicted octanol–water partition coefficient (Wildman–Crippen LogP) is 6.83. The summed E-state index contributed by atoms with van der Waals surface area (Å²) in [6.07, 6.45) is 22.4. The molecule has 318 valence electrons. The molecule has 1 fully saturated rings. The summed E-state index contributed by atoms with van der Waals surface area (Å²) < 4.78 is 33.2. The van der Waals surface area contributed by atoms with E-state index in [1.165, 1.54) is 6.42 Å². The van der Waals surface area contributed by atoms with Gasteiger partial charge in [-0.05, 0) is 51.4 Å². The van der Waals surface area contributed by atoms with Crippen molar-refractivity contribution in [2.45, 2.75) is 185 Å². The van der Waals surface area contributed by atoms with E-state index >= 15 is 0 Å². The maximum Gasteiger partial charge on any atom is 0.472 e. The third kappa shape index (κ3) is 24.9. The Morgan fingerprint density at radius 3 is 1.58 bits per heavy atom. The second-order valence-corrected chi connectivity index (χ2v) is 15.5. The summed E-state index contributed by atoms with van der Waals surface area (Å²) in [5.41, 5.74) is 0. The number of phosphoric acid groups is 1. The van der Waals surface area contributed by atoms with Crippen molar-refractivity contribution in [2.24, 2.45) is 0 Å². The average Bonchev–Trinajstić information content (AvgIpc) is 3.16. The Kier molecular flexibility index (Phi) is 29.4. The molecule has 6 atom stereocenters. The van der Waals surface area contributed by atoms with Gasteiger partial charge in [0, 0.05) is 12.8 Å². The number of esters is 2. The maximum atomic E-state index is 12.7. The number of carbonyl (C=O) groups is 2. The van der Waals surface area contributed by atoms with Gasteiger partial charge < -0.3 is 39.9 Å². The first kappa shape index (κ1) is 50.8. The molecule has 0 spiro atoms. The van der Waals surface area contributed by atoms with Gasteiger partial charge in [-0.15, -0.1) is 0 Å². The number of ether oxygens (including phenoxy) is 2. The highest BCUT2D eigenvalue weighted by Crippen LogP contribution is 2.47. The lowest BCUT2D eigenvalue weighted by molar-refractivity contribution is -0.220. The molecule has 6 unspecified atom stereocenters. The molecule has 1 aliphatic carbocycles. The van der Waals surface area contributed by atoms with Crippen LogP contribution >= 0.6 is 7.82 Å². The van der Waals surface area contributed by atoms with Crippen molar-refractivity contribution in [2.75, 3.05) is 13.2 Å². The number of phosphoric ester groups is 1. The number of unbranched alkanes of at least 4 members (excludes halogenated alkanes) is 12. The Morgan fingerprint density at radius 1 is 0.582 bits per heavy atom. The summed E-state index contributed by atoms with van der Waals surface area (Å²) in [6.45, 7) is 3.04. The average molecular weight is 803 g/mol. The number of aliphatic hydroxyl groups is 5. The second kappa shape index (κ2) is 31.8. The highest BCUT2D eigenvalue weighted by Gasteiger charge is 2.51. The van der Waals surface area contributed by atoms with E-state index in [9.17, 15) is 44.6 Å². The van der Waals surface area contributed by atoms with Crippen molar-refractivity contribution >= 4 is 19.8 Å². The lowest BCUT2D eigenvalue weighted by atomic mass is 9.85. The van der Waals surface area contributed by atoms with E-state index in [4.69, 9.17) is 18.5 Å². The summed E-state index contributed by atoms with van der Waals surface area (Å²) in [5, 5.41) is 49.8. The van der Waals surface area contributed by atoms with Gasteiger partial charge in [-0.1, -0.05) is 127 Å². The topological polar surface area (TPSA) is 210 Å². The Hall–Kier alpha value is -2.19. The quantitative estimate of drug-likeness (QED) is 0.0179. The SMILES string of the molecule is CC/C=C\C/C=C\C/C=C\C/C=C\CCCCCCCCCCC(=O)OC(COC(=O)CCCCCCC)COP(=O)(O)OC1C(O)C(O)C(O)C(O)C1O. The van der Waals surface area contributed by atoms with Gasteiger partial charge in [0.1, 0.15) is 43.2 Å². The molecule has 1 rings (SSSR count). The minimum atomic E-state index is -5.11. The summed E-state index contributed by atoms with van der Waals surface area (Å²) in [7, 11) is -5.11. The van der Waals surface area contributed by atoms with Gasteiger partial charge in [-0.3, -0.25) is 18.6 Å². The Bertz CT molecular complexity index is 1160. The fourth-order valence-electron chi connectivity index (χ4n) is 5.86. The van der Waals surface area contributed by atoms with Gasteiger partial charge in [0.25, 0.3) is 0 Å². The van der Waals surface area contributed by atoms with Crippen molar-refractivity contribution in [3.05, 3.63) is 48.6 Å². The van der Waals surface area contributed by atoms with E-state index < -0.39 is 75.7 Å². The van der Waals surface area contributed by atoms with Crippen LogP contribution in [0.3, 0.4) is 0 Å². The smallest absolute Gasteiger partial charge is 0.462 e. The number of hydrogen-bond acceptors (Lipinski definition) is 12. The molecule has 0 aromatic rings. The van der Waals surface area contributed by atoms with Crippen molar-refractivity contribution in [3.63, 3.8) is 0 Å². The molecule has 0 aliphatic heterocycles. The van der Waals surface area contributed by atoms with Crippen LogP contribution in [-0.4, -0.2) is 98.3 Å². The molecule has 6 N–H and O–H groups in total. The zero-order chi connectivity index (χ0) is 40.7.